The molecule has 6 heteroatoms. The van der Waals surface area contributed by atoms with E-state index in [0.717, 1.165) is 75.7 Å². The smallest absolute Gasteiger partial charge is 0.194 e. The molecule has 2 atom stereocenters. The normalized spacial score (nSPS) is 22.9. The number of guanidine groups is 2. The van der Waals surface area contributed by atoms with Gasteiger partial charge in [0, 0.05) is 26.2 Å². The summed E-state index contributed by atoms with van der Waals surface area (Å²) >= 11 is 0. The van der Waals surface area contributed by atoms with Crippen LogP contribution in [0.3, 0.4) is 0 Å². The number of hydrogen-bond donors (Lipinski definition) is 2. The zero-order chi connectivity index (χ0) is 32.3. The fourth-order valence-electron chi connectivity index (χ4n) is 9.28. The third-order valence-electron chi connectivity index (χ3n) is 12.1. The summed E-state index contributed by atoms with van der Waals surface area (Å²) in [5.41, 5.74) is 7.76. The van der Waals surface area contributed by atoms with E-state index in [2.05, 4.69) is 62.2 Å². The first-order valence-corrected chi connectivity index (χ1v) is 19.8. The molecule has 0 aromatic heterocycles. The van der Waals surface area contributed by atoms with E-state index in [0.29, 0.717) is 12.1 Å². The molecule has 2 heterocycles. The molecule has 4 aliphatic rings. The van der Waals surface area contributed by atoms with Gasteiger partial charge in [0.2, 0.25) is 0 Å². The molecule has 2 aliphatic carbocycles. The second kappa shape index (κ2) is 17.6. The Balaban J connectivity index is 0.969. The fourth-order valence-corrected chi connectivity index (χ4v) is 9.28. The van der Waals surface area contributed by atoms with Crippen LogP contribution < -0.4 is 5.73 Å². The number of nitrogens with two attached hydrogens (primary N) is 1. The van der Waals surface area contributed by atoms with E-state index in [-0.39, 0.29) is 0 Å². The molecule has 6 nitrogen and oxygen atoms in total. The predicted molar refractivity (Wildman–Crippen MR) is 199 cm³/mol. The lowest BCUT2D eigenvalue weighted by Gasteiger charge is -2.27. The molecule has 2 aliphatic heterocycles. The molecular weight excluding hydrogens is 576 g/mol. The molecule has 1 saturated heterocycles. The lowest BCUT2D eigenvalue weighted by atomic mass is 9.86. The largest absolute Gasteiger partial charge is 0.370 e. The van der Waals surface area contributed by atoms with E-state index in [1.807, 2.05) is 0 Å². The number of benzene rings is 2. The summed E-state index contributed by atoms with van der Waals surface area (Å²) < 4.78 is 0. The van der Waals surface area contributed by atoms with Crippen LogP contribution in [0.1, 0.15) is 128 Å². The fraction of sp³-hybridized carbons (Fsp3) is 0.707. The average Bonchev–Trinajstić information content (AvgIpc) is 3.61. The molecule has 2 saturated carbocycles. The van der Waals surface area contributed by atoms with Crippen LogP contribution >= 0.6 is 0 Å². The zero-order valence-electron chi connectivity index (χ0n) is 29.4. The minimum absolute atomic E-state index is 0.380. The van der Waals surface area contributed by atoms with Gasteiger partial charge >= 0.3 is 0 Å². The lowest BCUT2D eigenvalue weighted by Crippen LogP contribution is -2.41. The summed E-state index contributed by atoms with van der Waals surface area (Å²) in [4.78, 5) is 11.9. The number of fused-ring (bicyclic) bond motifs is 1. The van der Waals surface area contributed by atoms with Gasteiger partial charge in [0.1, 0.15) is 0 Å². The Morgan fingerprint density at radius 1 is 0.660 bits per heavy atom. The molecule has 0 radical (unpaired) electrons. The van der Waals surface area contributed by atoms with Gasteiger partial charge in [-0.25, -0.2) is 0 Å². The Bertz CT molecular complexity index is 1280. The van der Waals surface area contributed by atoms with Gasteiger partial charge in [0.25, 0.3) is 0 Å². The van der Waals surface area contributed by atoms with E-state index in [1.165, 1.54) is 125 Å². The molecule has 0 amide bonds. The Hall–Kier alpha value is -2.76. The first-order valence-electron chi connectivity index (χ1n) is 19.8. The van der Waals surface area contributed by atoms with Crippen molar-refractivity contribution < 1.29 is 0 Å². The molecule has 6 rings (SSSR count). The van der Waals surface area contributed by atoms with Crippen molar-refractivity contribution in [2.45, 2.75) is 141 Å². The number of nitrogens with one attached hydrogen (secondary N) is 1. The molecule has 0 unspecified atom stereocenters. The van der Waals surface area contributed by atoms with E-state index in [4.69, 9.17) is 5.73 Å². The van der Waals surface area contributed by atoms with Crippen LogP contribution in [0.15, 0.2) is 47.5 Å². The molecule has 2 aromatic carbocycles. The van der Waals surface area contributed by atoms with Crippen LogP contribution in [0.25, 0.3) is 10.8 Å². The van der Waals surface area contributed by atoms with Gasteiger partial charge in [-0.15, -0.1) is 0 Å². The van der Waals surface area contributed by atoms with Crippen LogP contribution in [0, 0.1) is 17.2 Å². The number of aliphatic imine (C=N–C) groups is 1. The van der Waals surface area contributed by atoms with Crippen LogP contribution in [0.4, 0.5) is 0 Å². The van der Waals surface area contributed by atoms with E-state index in [1.54, 1.807) is 0 Å². The summed E-state index contributed by atoms with van der Waals surface area (Å²) in [7, 11) is 0. The Labute approximate surface area is 286 Å². The highest BCUT2D eigenvalue weighted by Crippen LogP contribution is 2.30. The third-order valence-corrected chi connectivity index (χ3v) is 12.1. The summed E-state index contributed by atoms with van der Waals surface area (Å²) in [6.45, 7) is 4.90. The van der Waals surface area contributed by atoms with Crippen molar-refractivity contribution in [2.75, 3.05) is 32.7 Å². The second-order valence-corrected chi connectivity index (χ2v) is 15.5. The van der Waals surface area contributed by atoms with Gasteiger partial charge in [0.15, 0.2) is 11.9 Å². The summed E-state index contributed by atoms with van der Waals surface area (Å²) in [6, 6.07) is 16.5. The van der Waals surface area contributed by atoms with Crippen molar-refractivity contribution in [1.82, 2.24) is 14.7 Å². The molecule has 3 fully saturated rings. The van der Waals surface area contributed by atoms with E-state index >= 15 is 0 Å². The van der Waals surface area contributed by atoms with Gasteiger partial charge in [-0.3, -0.25) is 10.4 Å². The Morgan fingerprint density at radius 3 is 1.98 bits per heavy atom. The predicted octanol–water partition coefficient (Wildman–Crippen LogP) is 8.97. The van der Waals surface area contributed by atoms with Gasteiger partial charge in [-0.2, -0.15) is 0 Å². The quantitative estimate of drug-likeness (QED) is 0.169. The minimum atomic E-state index is 0.380. The van der Waals surface area contributed by atoms with Gasteiger partial charge in [-0.05, 0) is 66.7 Å². The van der Waals surface area contributed by atoms with Crippen molar-refractivity contribution in [3.63, 3.8) is 0 Å². The number of unbranched alkanes of at least 4 members (excludes halogenated alkanes) is 3. The SMILES string of the molecule is N=C1N(CCCC[C@H]2CN=C(N)N2CCCCC2CCCCC2)C[C@@H](Cc2ccc3ccccc3c2)N1CCCCC1CCCCC1. The standard InChI is InChI=1S/C41H64N6/c42-40-44-31-38(46(40)27-13-9-19-33-15-3-1-4-16-33)23-11-12-26-45-32-39(30-35-24-25-36-21-7-8-22-37(36)29-35)47(41(45)43)28-14-10-20-34-17-5-2-6-18-34/h7-8,21-22,24-25,29,33-34,38-39,43H,1-6,9-20,23,26-28,30-32H2,(H2,42,44)/t38-,39+/m0/s1. The van der Waals surface area contributed by atoms with Crippen LogP contribution in [-0.4, -0.2) is 71.4 Å². The maximum Gasteiger partial charge on any atom is 0.194 e. The highest BCUT2D eigenvalue weighted by Gasteiger charge is 2.34. The van der Waals surface area contributed by atoms with Crippen molar-refractivity contribution >= 4 is 22.7 Å². The van der Waals surface area contributed by atoms with Crippen molar-refractivity contribution in [1.29, 1.82) is 5.41 Å². The highest BCUT2D eigenvalue weighted by atomic mass is 15.4. The maximum atomic E-state index is 9.26. The van der Waals surface area contributed by atoms with Gasteiger partial charge in [-0.1, -0.05) is 132 Å². The molecule has 258 valence electrons. The molecular formula is C41H64N6. The summed E-state index contributed by atoms with van der Waals surface area (Å²) in [5, 5.41) is 11.9. The van der Waals surface area contributed by atoms with Crippen LogP contribution in [0.5, 0.6) is 0 Å². The first-order chi connectivity index (χ1) is 23.1. The molecule has 47 heavy (non-hydrogen) atoms. The van der Waals surface area contributed by atoms with E-state index in [9.17, 15) is 5.41 Å². The third kappa shape index (κ3) is 9.66. The minimum Gasteiger partial charge on any atom is -0.370 e. The van der Waals surface area contributed by atoms with Crippen LogP contribution in [-0.2, 0) is 6.42 Å². The molecule has 3 N–H and O–H groups in total. The van der Waals surface area contributed by atoms with Crippen molar-refractivity contribution in [2.24, 2.45) is 22.6 Å². The topological polar surface area (TPSA) is 71.9 Å². The summed E-state index contributed by atoms with van der Waals surface area (Å²) in [6.07, 6.45) is 26.8. The van der Waals surface area contributed by atoms with Gasteiger partial charge < -0.3 is 20.4 Å². The first kappa shape index (κ1) is 34.1. The Kier molecular flexibility index (Phi) is 12.8. The summed E-state index contributed by atoms with van der Waals surface area (Å²) in [5.74, 6) is 3.45. The number of rotatable bonds is 17. The lowest BCUT2D eigenvalue weighted by molar-refractivity contribution is 0.289. The molecule has 0 spiro atoms. The van der Waals surface area contributed by atoms with Gasteiger partial charge in [0.05, 0.1) is 18.6 Å². The Morgan fingerprint density at radius 2 is 1.28 bits per heavy atom. The molecule has 0 bridgehead atoms. The highest BCUT2D eigenvalue weighted by molar-refractivity contribution is 5.83. The van der Waals surface area contributed by atoms with E-state index < -0.39 is 0 Å². The van der Waals surface area contributed by atoms with Crippen LogP contribution in [0.2, 0.25) is 0 Å². The zero-order valence-corrected chi connectivity index (χ0v) is 29.4. The molecule has 2 aromatic rings. The number of hydrogen-bond acceptors (Lipinski definition) is 4. The monoisotopic (exact) mass is 641 g/mol. The number of nitrogens with zero attached hydrogens (tertiary/aromatic N) is 4. The second-order valence-electron chi connectivity index (χ2n) is 15.5. The van der Waals surface area contributed by atoms with Crippen molar-refractivity contribution in [3.8, 4) is 0 Å². The maximum absolute atomic E-state index is 9.26. The average molecular weight is 641 g/mol. The van der Waals surface area contributed by atoms with Crippen molar-refractivity contribution in [3.05, 3.63) is 48.0 Å².